The van der Waals surface area contributed by atoms with Crippen LogP contribution in [0, 0.1) is 6.92 Å². The number of thiophene rings is 1. The highest BCUT2D eigenvalue weighted by Crippen LogP contribution is 2.31. The Hall–Kier alpha value is -0.640. The van der Waals surface area contributed by atoms with Gasteiger partial charge in [0, 0.05) is 24.9 Å². The van der Waals surface area contributed by atoms with E-state index in [0.717, 1.165) is 8.66 Å². The van der Waals surface area contributed by atoms with Crippen LogP contribution in [0.5, 0.6) is 0 Å². The maximum Gasteiger partial charge on any atom is 0.243 e. The summed E-state index contributed by atoms with van der Waals surface area (Å²) >= 11 is 4.63. The van der Waals surface area contributed by atoms with Crippen LogP contribution < -0.4 is 5.73 Å². The Morgan fingerprint density at radius 3 is 2.72 bits per heavy atom. The minimum absolute atomic E-state index is 0.000251. The predicted molar refractivity (Wildman–Crippen MR) is 74.6 cm³/mol. The molecule has 1 aromatic heterocycles. The molecule has 0 aromatic carbocycles. The Balaban J connectivity index is 2.90. The van der Waals surface area contributed by atoms with Gasteiger partial charge in [-0.15, -0.1) is 11.3 Å². The molecule has 0 fully saturated rings. The highest BCUT2D eigenvalue weighted by Gasteiger charge is 2.24. The zero-order valence-electron chi connectivity index (χ0n) is 9.92. The van der Waals surface area contributed by atoms with Crippen molar-refractivity contribution in [3.05, 3.63) is 14.7 Å². The molecule has 0 atom stereocenters. The summed E-state index contributed by atoms with van der Waals surface area (Å²) in [4.78, 5) is 0.999. The molecule has 18 heavy (non-hydrogen) atoms. The van der Waals surface area contributed by atoms with E-state index < -0.39 is 10.0 Å². The molecule has 0 amide bonds. The fourth-order valence-corrected chi connectivity index (χ4v) is 4.85. The van der Waals surface area contributed by atoms with Gasteiger partial charge in [-0.3, -0.25) is 0 Å². The summed E-state index contributed by atoms with van der Waals surface area (Å²) in [6, 6.07) is 1.58. The molecule has 0 aliphatic heterocycles. The third kappa shape index (κ3) is 3.44. The molecule has 102 valence electrons. The van der Waals surface area contributed by atoms with Crippen molar-refractivity contribution in [2.45, 2.75) is 18.2 Å². The largest absolute Gasteiger partial charge is 0.409 e. The maximum atomic E-state index is 12.2. The second kappa shape index (κ2) is 6.00. The van der Waals surface area contributed by atoms with E-state index in [-0.39, 0.29) is 23.7 Å². The van der Waals surface area contributed by atoms with E-state index in [1.807, 2.05) is 0 Å². The number of oxime groups is 1. The molecule has 1 rings (SSSR count). The molecular weight excluding hydrogens is 342 g/mol. The van der Waals surface area contributed by atoms with Crippen LogP contribution in [0.4, 0.5) is 0 Å². The van der Waals surface area contributed by atoms with Gasteiger partial charge in [-0.25, -0.2) is 12.7 Å². The lowest BCUT2D eigenvalue weighted by molar-refractivity contribution is 0.316. The molecule has 0 spiro atoms. The maximum absolute atomic E-state index is 12.2. The summed E-state index contributed by atoms with van der Waals surface area (Å²) in [5.41, 5.74) is 5.31. The highest BCUT2D eigenvalue weighted by atomic mass is 79.9. The summed E-state index contributed by atoms with van der Waals surface area (Å²) < 4.78 is 26.4. The number of rotatable bonds is 5. The van der Waals surface area contributed by atoms with Crippen molar-refractivity contribution in [3.63, 3.8) is 0 Å². The number of sulfonamides is 1. The molecule has 0 saturated heterocycles. The standard InChI is InChI=1S/C9H14BrN3O3S2/c1-6-7(5-8(10)17-6)18(15,16)13(2)4-3-9(11)12-14/h5,14H,3-4H2,1-2H3,(H2,11,12). The summed E-state index contributed by atoms with van der Waals surface area (Å²) in [5.74, 6) is 0.000251. The van der Waals surface area contributed by atoms with Crippen molar-refractivity contribution in [3.8, 4) is 0 Å². The minimum Gasteiger partial charge on any atom is -0.409 e. The topological polar surface area (TPSA) is 96.0 Å². The van der Waals surface area contributed by atoms with Crippen molar-refractivity contribution < 1.29 is 13.6 Å². The Kier molecular flexibility index (Phi) is 5.14. The minimum atomic E-state index is -3.53. The summed E-state index contributed by atoms with van der Waals surface area (Å²) in [7, 11) is -2.07. The molecule has 0 aliphatic rings. The summed E-state index contributed by atoms with van der Waals surface area (Å²) in [5, 5.41) is 11.2. The zero-order chi connectivity index (χ0) is 13.9. The van der Waals surface area contributed by atoms with Gasteiger partial charge >= 0.3 is 0 Å². The quantitative estimate of drug-likeness (QED) is 0.362. The molecular formula is C9H14BrN3O3S2. The molecule has 0 radical (unpaired) electrons. The smallest absolute Gasteiger partial charge is 0.243 e. The molecule has 0 bridgehead atoms. The predicted octanol–water partition coefficient (Wildman–Crippen LogP) is 1.58. The lowest BCUT2D eigenvalue weighted by atomic mass is 10.4. The van der Waals surface area contributed by atoms with Crippen LogP contribution in [0.3, 0.4) is 0 Å². The molecule has 9 heteroatoms. The average molecular weight is 356 g/mol. The Bertz CT molecular complexity index is 553. The van der Waals surface area contributed by atoms with Gasteiger partial charge in [0.15, 0.2) is 0 Å². The number of amidine groups is 1. The van der Waals surface area contributed by atoms with E-state index in [1.165, 1.54) is 22.7 Å². The van der Waals surface area contributed by atoms with Crippen LogP contribution >= 0.6 is 27.3 Å². The SMILES string of the molecule is Cc1sc(Br)cc1S(=O)(=O)N(C)CCC(N)=NO. The van der Waals surface area contributed by atoms with E-state index in [4.69, 9.17) is 10.9 Å². The number of halogens is 1. The lowest BCUT2D eigenvalue weighted by Gasteiger charge is -2.16. The second-order valence-electron chi connectivity index (χ2n) is 3.64. The lowest BCUT2D eigenvalue weighted by Crippen LogP contribution is -2.30. The number of nitrogens with two attached hydrogens (primary N) is 1. The molecule has 3 N–H and O–H groups in total. The van der Waals surface area contributed by atoms with Gasteiger partial charge in [-0.05, 0) is 28.9 Å². The zero-order valence-corrected chi connectivity index (χ0v) is 13.1. The van der Waals surface area contributed by atoms with Gasteiger partial charge in [0.05, 0.1) is 8.68 Å². The fraction of sp³-hybridized carbons (Fsp3) is 0.444. The van der Waals surface area contributed by atoms with Crippen LogP contribution in [0.1, 0.15) is 11.3 Å². The molecule has 6 nitrogen and oxygen atoms in total. The van der Waals surface area contributed by atoms with Crippen molar-refractivity contribution in [2.75, 3.05) is 13.6 Å². The third-order valence-electron chi connectivity index (χ3n) is 2.34. The molecule has 1 aromatic rings. The van der Waals surface area contributed by atoms with Crippen molar-refractivity contribution in [2.24, 2.45) is 10.9 Å². The van der Waals surface area contributed by atoms with Crippen molar-refractivity contribution >= 4 is 43.1 Å². The van der Waals surface area contributed by atoms with E-state index in [9.17, 15) is 8.42 Å². The average Bonchev–Trinajstić information content (AvgIpc) is 2.65. The highest BCUT2D eigenvalue weighted by molar-refractivity contribution is 9.11. The van der Waals surface area contributed by atoms with Crippen LogP contribution in [0.2, 0.25) is 0 Å². The second-order valence-corrected chi connectivity index (χ2v) is 8.29. The van der Waals surface area contributed by atoms with Crippen LogP contribution in [0.15, 0.2) is 19.9 Å². The van der Waals surface area contributed by atoms with Crippen molar-refractivity contribution in [1.82, 2.24) is 4.31 Å². The van der Waals surface area contributed by atoms with E-state index in [1.54, 1.807) is 13.0 Å². The first-order chi connectivity index (χ1) is 8.28. The Morgan fingerprint density at radius 2 is 2.28 bits per heavy atom. The van der Waals surface area contributed by atoms with Gasteiger partial charge < -0.3 is 10.9 Å². The molecule has 0 saturated carbocycles. The summed E-state index contributed by atoms with van der Waals surface area (Å²) in [6.45, 7) is 1.91. The number of hydrogen-bond acceptors (Lipinski definition) is 5. The van der Waals surface area contributed by atoms with E-state index in [0.29, 0.717) is 0 Å². The van der Waals surface area contributed by atoms with E-state index in [2.05, 4.69) is 21.1 Å². The molecule has 1 heterocycles. The monoisotopic (exact) mass is 355 g/mol. The summed E-state index contributed by atoms with van der Waals surface area (Å²) in [6.07, 6.45) is 0.177. The Morgan fingerprint density at radius 1 is 1.67 bits per heavy atom. The number of nitrogens with zero attached hydrogens (tertiary/aromatic N) is 2. The van der Waals surface area contributed by atoms with Crippen LogP contribution in [0.25, 0.3) is 0 Å². The van der Waals surface area contributed by atoms with Gasteiger partial charge in [0.1, 0.15) is 5.84 Å². The van der Waals surface area contributed by atoms with Gasteiger partial charge in [0.25, 0.3) is 0 Å². The van der Waals surface area contributed by atoms with Gasteiger partial charge in [-0.2, -0.15) is 0 Å². The number of hydrogen-bond donors (Lipinski definition) is 2. The Labute approximate surface area is 118 Å². The first kappa shape index (κ1) is 15.4. The van der Waals surface area contributed by atoms with Crippen LogP contribution in [-0.4, -0.2) is 37.4 Å². The normalized spacial score (nSPS) is 13.2. The van der Waals surface area contributed by atoms with Gasteiger partial charge in [0.2, 0.25) is 10.0 Å². The fourth-order valence-electron chi connectivity index (χ4n) is 1.30. The van der Waals surface area contributed by atoms with Crippen molar-refractivity contribution in [1.29, 1.82) is 0 Å². The molecule has 0 unspecified atom stereocenters. The third-order valence-corrected chi connectivity index (χ3v) is 6.01. The van der Waals surface area contributed by atoms with Crippen LogP contribution in [-0.2, 0) is 10.0 Å². The van der Waals surface area contributed by atoms with E-state index >= 15 is 0 Å². The first-order valence-corrected chi connectivity index (χ1v) is 8.02. The van der Waals surface area contributed by atoms with Gasteiger partial charge in [-0.1, -0.05) is 5.16 Å². The first-order valence-electron chi connectivity index (χ1n) is 4.97. The number of aryl methyl sites for hydroxylation is 1. The molecule has 0 aliphatic carbocycles.